The maximum absolute atomic E-state index is 12.3. The van der Waals surface area contributed by atoms with Crippen LogP contribution in [-0.4, -0.2) is 84.9 Å². The van der Waals surface area contributed by atoms with Crippen molar-refractivity contribution < 1.29 is 9.59 Å². The Morgan fingerprint density at radius 1 is 1.09 bits per heavy atom. The molecule has 0 aliphatic carbocycles. The first-order valence-electron chi connectivity index (χ1n) is 8.18. The molecule has 2 aliphatic heterocycles. The molecular weight excluding hydrogens is 304 g/mol. The smallest absolute Gasteiger partial charge is 0.239 e. The van der Waals surface area contributed by atoms with Crippen molar-refractivity contribution >= 4 is 24.2 Å². The average molecular weight is 333 g/mol. The fourth-order valence-corrected chi connectivity index (χ4v) is 3.03. The van der Waals surface area contributed by atoms with Gasteiger partial charge in [0.2, 0.25) is 11.8 Å². The maximum Gasteiger partial charge on any atom is 0.239 e. The fraction of sp³-hybridized carbons (Fsp3) is 0.867. The zero-order valence-electron chi connectivity index (χ0n) is 13.7. The third-order valence-electron chi connectivity index (χ3n) is 4.56. The Balaban J connectivity index is 0.00000242. The Labute approximate surface area is 139 Å². The van der Waals surface area contributed by atoms with Crippen LogP contribution in [0.4, 0.5) is 0 Å². The predicted molar refractivity (Wildman–Crippen MR) is 89.2 cm³/mol. The molecule has 6 nitrogen and oxygen atoms in total. The van der Waals surface area contributed by atoms with Gasteiger partial charge in [0.15, 0.2) is 0 Å². The molecule has 0 radical (unpaired) electrons. The molecule has 0 unspecified atom stereocenters. The van der Waals surface area contributed by atoms with Crippen molar-refractivity contribution in [2.24, 2.45) is 0 Å². The normalized spacial score (nSPS) is 21.9. The zero-order chi connectivity index (χ0) is 15.2. The van der Waals surface area contributed by atoms with Crippen LogP contribution < -0.4 is 5.32 Å². The van der Waals surface area contributed by atoms with Crippen LogP contribution in [0.25, 0.3) is 0 Å². The second kappa shape index (κ2) is 9.33. The van der Waals surface area contributed by atoms with E-state index in [1.165, 1.54) is 0 Å². The van der Waals surface area contributed by atoms with Gasteiger partial charge in [-0.25, -0.2) is 0 Å². The number of hydrogen-bond acceptors (Lipinski definition) is 4. The Morgan fingerprint density at radius 3 is 2.18 bits per heavy atom. The van der Waals surface area contributed by atoms with Crippen LogP contribution in [0.2, 0.25) is 0 Å². The van der Waals surface area contributed by atoms with E-state index in [-0.39, 0.29) is 30.3 Å². The summed E-state index contributed by atoms with van der Waals surface area (Å²) < 4.78 is 0. The van der Waals surface area contributed by atoms with Crippen molar-refractivity contribution in [3.63, 3.8) is 0 Å². The quantitative estimate of drug-likeness (QED) is 0.780. The average Bonchev–Trinajstić information content (AvgIpc) is 3.06. The van der Waals surface area contributed by atoms with Gasteiger partial charge >= 0.3 is 0 Å². The standard InChI is InChI=1S/C15H28N4O2.ClH/c1-3-17(4-2)12-14(20)18-8-10-19(11-9-18)15(21)13-6-5-7-16-13;/h13,16H,3-12H2,1-2H3;1H/t13-;/m0./s1. The van der Waals surface area contributed by atoms with Gasteiger partial charge in [-0.2, -0.15) is 0 Å². The lowest BCUT2D eigenvalue weighted by Gasteiger charge is -2.36. The molecule has 0 aromatic carbocycles. The van der Waals surface area contributed by atoms with Crippen LogP contribution in [0, 0.1) is 0 Å². The van der Waals surface area contributed by atoms with E-state index in [0.29, 0.717) is 32.7 Å². The summed E-state index contributed by atoms with van der Waals surface area (Å²) in [4.78, 5) is 30.5. The molecule has 1 N–H and O–H groups in total. The minimum absolute atomic E-state index is 0. The summed E-state index contributed by atoms with van der Waals surface area (Å²) in [5.74, 6) is 0.396. The Hall–Kier alpha value is -0.850. The lowest BCUT2D eigenvalue weighted by Crippen LogP contribution is -2.55. The van der Waals surface area contributed by atoms with E-state index in [2.05, 4.69) is 24.1 Å². The van der Waals surface area contributed by atoms with E-state index in [1.807, 2.05) is 9.80 Å². The first-order chi connectivity index (χ1) is 10.2. The number of carbonyl (C=O) groups excluding carboxylic acids is 2. The van der Waals surface area contributed by atoms with Gasteiger partial charge in [-0.3, -0.25) is 14.5 Å². The molecule has 2 rings (SSSR count). The molecule has 7 heteroatoms. The first-order valence-corrected chi connectivity index (χ1v) is 8.18. The number of hydrogen-bond donors (Lipinski definition) is 1. The van der Waals surface area contributed by atoms with Crippen LogP contribution in [0.3, 0.4) is 0 Å². The monoisotopic (exact) mass is 332 g/mol. The summed E-state index contributed by atoms with van der Waals surface area (Å²) in [7, 11) is 0. The maximum atomic E-state index is 12.3. The van der Waals surface area contributed by atoms with E-state index < -0.39 is 0 Å². The summed E-state index contributed by atoms with van der Waals surface area (Å²) in [6.45, 7) is 10.0. The molecule has 0 aromatic heterocycles. The molecule has 1 atom stereocenters. The lowest BCUT2D eigenvalue weighted by molar-refractivity contribution is -0.141. The van der Waals surface area contributed by atoms with Gasteiger partial charge in [-0.15, -0.1) is 12.4 Å². The highest BCUT2D eigenvalue weighted by atomic mass is 35.5. The zero-order valence-corrected chi connectivity index (χ0v) is 14.5. The van der Waals surface area contributed by atoms with Gasteiger partial charge in [0.1, 0.15) is 0 Å². The highest BCUT2D eigenvalue weighted by molar-refractivity contribution is 5.85. The number of amides is 2. The Bertz CT molecular complexity index is 363. The van der Waals surface area contributed by atoms with Crippen molar-refractivity contribution in [2.75, 3.05) is 52.4 Å². The van der Waals surface area contributed by atoms with Crippen molar-refractivity contribution in [2.45, 2.75) is 32.7 Å². The van der Waals surface area contributed by atoms with Crippen LogP contribution in [0.1, 0.15) is 26.7 Å². The molecule has 0 aromatic rings. The number of carbonyl (C=O) groups is 2. The third kappa shape index (κ3) is 4.83. The minimum atomic E-state index is 0. The van der Waals surface area contributed by atoms with Gasteiger partial charge in [0.25, 0.3) is 0 Å². The van der Waals surface area contributed by atoms with Gasteiger partial charge in [0, 0.05) is 26.2 Å². The van der Waals surface area contributed by atoms with Gasteiger partial charge < -0.3 is 15.1 Å². The number of nitrogens with zero attached hydrogens (tertiary/aromatic N) is 3. The van der Waals surface area contributed by atoms with Crippen LogP contribution in [0.5, 0.6) is 0 Å². The summed E-state index contributed by atoms with van der Waals surface area (Å²) in [5.41, 5.74) is 0. The number of halogens is 1. The number of nitrogens with one attached hydrogen (secondary N) is 1. The van der Waals surface area contributed by atoms with Crippen molar-refractivity contribution in [3.05, 3.63) is 0 Å². The van der Waals surface area contributed by atoms with Crippen molar-refractivity contribution in [1.29, 1.82) is 0 Å². The number of rotatable bonds is 5. The van der Waals surface area contributed by atoms with Crippen molar-refractivity contribution in [1.82, 2.24) is 20.0 Å². The SMILES string of the molecule is CCN(CC)CC(=O)N1CCN(C(=O)[C@@H]2CCCN2)CC1.Cl. The second-order valence-corrected chi connectivity index (χ2v) is 5.82. The first kappa shape index (κ1) is 19.2. The summed E-state index contributed by atoms with van der Waals surface area (Å²) in [5, 5.41) is 3.25. The molecule has 0 saturated carbocycles. The predicted octanol–water partition coefficient (Wildman–Crippen LogP) is 0.173. The summed E-state index contributed by atoms with van der Waals surface area (Å²) >= 11 is 0. The number of likely N-dealkylation sites (N-methyl/N-ethyl adjacent to an activating group) is 1. The molecule has 2 amide bonds. The third-order valence-corrected chi connectivity index (χ3v) is 4.56. The van der Waals surface area contributed by atoms with E-state index in [0.717, 1.165) is 32.5 Å². The minimum Gasteiger partial charge on any atom is -0.338 e. The Morgan fingerprint density at radius 2 is 1.68 bits per heavy atom. The Kier molecular flexibility index (Phi) is 8.14. The highest BCUT2D eigenvalue weighted by Crippen LogP contribution is 2.11. The summed E-state index contributed by atoms with van der Waals surface area (Å²) in [6, 6.07) is 0.00271. The fourth-order valence-electron chi connectivity index (χ4n) is 3.03. The molecule has 128 valence electrons. The van der Waals surface area contributed by atoms with Gasteiger partial charge in [-0.1, -0.05) is 13.8 Å². The van der Waals surface area contributed by atoms with E-state index >= 15 is 0 Å². The number of piperazine rings is 1. The van der Waals surface area contributed by atoms with E-state index in [1.54, 1.807) is 0 Å². The van der Waals surface area contributed by atoms with Crippen molar-refractivity contribution in [3.8, 4) is 0 Å². The lowest BCUT2D eigenvalue weighted by atomic mass is 10.2. The van der Waals surface area contributed by atoms with Crippen LogP contribution >= 0.6 is 12.4 Å². The van der Waals surface area contributed by atoms with E-state index in [9.17, 15) is 9.59 Å². The van der Waals surface area contributed by atoms with Gasteiger partial charge in [-0.05, 0) is 32.5 Å². The molecule has 22 heavy (non-hydrogen) atoms. The molecule has 2 saturated heterocycles. The largest absolute Gasteiger partial charge is 0.338 e. The second-order valence-electron chi connectivity index (χ2n) is 5.82. The highest BCUT2D eigenvalue weighted by Gasteiger charge is 2.30. The van der Waals surface area contributed by atoms with Gasteiger partial charge in [0.05, 0.1) is 12.6 Å². The van der Waals surface area contributed by atoms with E-state index in [4.69, 9.17) is 0 Å². The molecular formula is C15H29ClN4O2. The molecule has 2 heterocycles. The van der Waals surface area contributed by atoms with Crippen LogP contribution in [0.15, 0.2) is 0 Å². The molecule has 2 aliphatic rings. The molecule has 0 bridgehead atoms. The topological polar surface area (TPSA) is 55.9 Å². The summed E-state index contributed by atoms with van der Waals surface area (Å²) in [6.07, 6.45) is 2.03. The molecule has 0 spiro atoms. The molecule has 2 fully saturated rings. The van der Waals surface area contributed by atoms with Crippen LogP contribution in [-0.2, 0) is 9.59 Å².